The Kier molecular flexibility index (Phi) is 6.27. The Hall–Kier alpha value is -3.93. The molecule has 0 unspecified atom stereocenters. The highest BCUT2D eigenvalue weighted by Gasteiger charge is 2.19. The molecule has 0 atom stereocenters. The Morgan fingerprint density at radius 3 is 2.33 bits per heavy atom. The molecule has 3 aromatic carbocycles. The van der Waals surface area contributed by atoms with E-state index in [9.17, 15) is 13.6 Å². The zero-order valence-corrected chi connectivity index (χ0v) is 18.5. The molecule has 0 aliphatic rings. The molecular weight excluding hydrogens is 424 g/mol. The number of methoxy groups -OCH3 is 1. The van der Waals surface area contributed by atoms with Crippen LogP contribution in [0, 0.1) is 18.6 Å². The quantitative estimate of drug-likeness (QED) is 0.347. The minimum absolute atomic E-state index is 0.275. The van der Waals surface area contributed by atoms with Crippen LogP contribution in [0.25, 0.3) is 27.7 Å². The van der Waals surface area contributed by atoms with E-state index in [1.165, 1.54) is 30.3 Å². The standard InChI is InChI=1S/C27H23F2NO3/c1-16(12-25(31)30-14-18-4-8-20(28)9-5-18)22-13-23-24(19-6-10-21(29)11-7-19)15-33-27(23)17(2)26(22)32-3/h4-13,15H,14H2,1-3H3,(H,30,31)/b16-12+. The molecular formula is C27H23F2NO3. The van der Waals surface area contributed by atoms with Crippen molar-refractivity contribution in [2.24, 2.45) is 0 Å². The topological polar surface area (TPSA) is 51.5 Å². The molecule has 1 amide bonds. The first-order chi connectivity index (χ1) is 15.9. The third-order valence-corrected chi connectivity index (χ3v) is 5.56. The van der Waals surface area contributed by atoms with Gasteiger partial charge in [0.25, 0.3) is 0 Å². The largest absolute Gasteiger partial charge is 0.496 e. The summed E-state index contributed by atoms with van der Waals surface area (Å²) in [5, 5.41) is 3.66. The number of fused-ring (bicyclic) bond motifs is 1. The van der Waals surface area contributed by atoms with E-state index in [1.54, 1.807) is 37.6 Å². The zero-order chi connectivity index (χ0) is 23.5. The van der Waals surface area contributed by atoms with E-state index >= 15 is 0 Å². The van der Waals surface area contributed by atoms with Crippen LogP contribution in [-0.2, 0) is 11.3 Å². The summed E-state index contributed by atoms with van der Waals surface area (Å²) in [6, 6.07) is 14.1. The molecule has 168 valence electrons. The van der Waals surface area contributed by atoms with Crippen molar-refractivity contribution in [2.75, 3.05) is 7.11 Å². The maximum Gasteiger partial charge on any atom is 0.244 e. The van der Waals surface area contributed by atoms with Crippen LogP contribution in [0.3, 0.4) is 0 Å². The first-order valence-electron chi connectivity index (χ1n) is 10.4. The predicted molar refractivity (Wildman–Crippen MR) is 125 cm³/mol. The monoisotopic (exact) mass is 447 g/mol. The lowest BCUT2D eigenvalue weighted by Crippen LogP contribution is -2.20. The Morgan fingerprint density at radius 1 is 1.06 bits per heavy atom. The molecule has 0 aliphatic heterocycles. The lowest BCUT2D eigenvalue weighted by atomic mass is 9.96. The molecule has 0 aliphatic carbocycles. The number of rotatable bonds is 6. The van der Waals surface area contributed by atoms with E-state index in [0.29, 0.717) is 16.9 Å². The summed E-state index contributed by atoms with van der Waals surface area (Å²) in [7, 11) is 1.57. The third-order valence-electron chi connectivity index (χ3n) is 5.56. The maximum atomic E-state index is 13.4. The SMILES string of the molecule is COc1c(/C(C)=C/C(=O)NCc2ccc(F)cc2)cc2c(-c3ccc(F)cc3)coc2c1C. The summed E-state index contributed by atoms with van der Waals surface area (Å²) in [6.45, 7) is 4.01. The molecule has 4 nitrogen and oxygen atoms in total. The van der Waals surface area contributed by atoms with Gasteiger partial charge in [-0.1, -0.05) is 24.3 Å². The average molecular weight is 447 g/mol. The summed E-state index contributed by atoms with van der Waals surface area (Å²) in [5.41, 5.74) is 5.38. The second-order valence-corrected chi connectivity index (χ2v) is 7.79. The van der Waals surface area contributed by atoms with E-state index in [4.69, 9.17) is 9.15 Å². The van der Waals surface area contributed by atoms with E-state index in [-0.39, 0.29) is 24.1 Å². The zero-order valence-electron chi connectivity index (χ0n) is 18.5. The van der Waals surface area contributed by atoms with Crippen LogP contribution in [0.2, 0.25) is 0 Å². The van der Waals surface area contributed by atoms with Gasteiger partial charge in [-0.15, -0.1) is 0 Å². The highest BCUT2D eigenvalue weighted by atomic mass is 19.1. The predicted octanol–water partition coefficient (Wildman–Crippen LogP) is 6.41. The number of hydrogen-bond acceptors (Lipinski definition) is 3. The Bertz CT molecular complexity index is 1340. The number of allylic oxidation sites excluding steroid dienone is 1. The van der Waals surface area contributed by atoms with Crippen molar-refractivity contribution in [2.45, 2.75) is 20.4 Å². The highest BCUT2D eigenvalue weighted by molar-refractivity contribution is 6.01. The second-order valence-electron chi connectivity index (χ2n) is 7.79. The number of ether oxygens (including phenoxy) is 1. The van der Waals surface area contributed by atoms with Crippen molar-refractivity contribution in [1.82, 2.24) is 5.32 Å². The fourth-order valence-corrected chi connectivity index (χ4v) is 3.84. The van der Waals surface area contributed by atoms with Gasteiger partial charge in [0.2, 0.25) is 5.91 Å². The van der Waals surface area contributed by atoms with Gasteiger partial charge in [-0.2, -0.15) is 0 Å². The number of halogens is 2. The molecule has 0 bridgehead atoms. The number of amides is 1. The molecule has 1 N–H and O–H groups in total. The van der Waals surface area contributed by atoms with Crippen LogP contribution in [0.15, 0.2) is 71.4 Å². The van der Waals surface area contributed by atoms with Crippen LogP contribution in [-0.4, -0.2) is 13.0 Å². The fraction of sp³-hybridized carbons (Fsp3) is 0.148. The molecule has 33 heavy (non-hydrogen) atoms. The second kappa shape index (κ2) is 9.28. The summed E-state index contributed by atoms with van der Waals surface area (Å²) in [4.78, 5) is 12.5. The number of furan rings is 1. The van der Waals surface area contributed by atoms with Crippen LogP contribution in [0.1, 0.15) is 23.6 Å². The Labute approximate surface area is 190 Å². The molecule has 0 spiro atoms. The van der Waals surface area contributed by atoms with Crippen LogP contribution in [0.4, 0.5) is 8.78 Å². The molecule has 1 aromatic heterocycles. The number of benzene rings is 3. The van der Waals surface area contributed by atoms with Crippen LogP contribution >= 0.6 is 0 Å². The molecule has 0 fully saturated rings. The Balaban J connectivity index is 1.67. The highest BCUT2D eigenvalue weighted by Crippen LogP contribution is 2.40. The van der Waals surface area contributed by atoms with Crippen molar-refractivity contribution < 1.29 is 22.7 Å². The van der Waals surface area contributed by atoms with Crippen molar-refractivity contribution >= 4 is 22.4 Å². The summed E-state index contributed by atoms with van der Waals surface area (Å²) in [6.07, 6.45) is 3.15. The molecule has 4 aromatic rings. The Morgan fingerprint density at radius 2 is 1.70 bits per heavy atom. The van der Waals surface area contributed by atoms with Crippen LogP contribution in [0.5, 0.6) is 5.75 Å². The number of hydrogen-bond donors (Lipinski definition) is 1. The van der Waals surface area contributed by atoms with Crippen LogP contribution < -0.4 is 10.1 Å². The van der Waals surface area contributed by atoms with Gasteiger partial charge >= 0.3 is 0 Å². The van der Waals surface area contributed by atoms with Gasteiger partial charge in [0, 0.05) is 34.7 Å². The van der Waals surface area contributed by atoms with E-state index < -0.39 is 0 Å². The van der Waals surface area contributed by atoms with Crippen molar-refractivity contribution in [1.29, 1.82) is 0 Å². The summed E-state index contributed by atoms with van der Waals surface area (Å²) in [5.74, 6) is -0.293. The molecule has 0 saturated carbocycles. The molecule has 0 radical (unpaired) electrons. The third kappa shape index (κ3) is 4.65. The van der Waals surface area contributed by atoms with Crippen molar-refractivity contribution in [3.8, 4) is 16.9 Å². The maximum absolute atomic E-state index is 13.4. The number of carbonyl (C=O) groups excluding carboxylic acids is 1. The lowest BCUT2D eigenvalue weighted by molar-refractivity contribution is -0.116. The first kappa shape index (κ1) is 22.3. The lowest BCUT2D eigenvalue weighted by Gasteiger charge is -2.13. The number of carbonyl (C=O) groups is 1. The summed E-state index contributed by atoms with van der Waals surface area (Å²) >= 11 is 0. The summed E-state index contributed by atoms with van der Waals surface area (Å²) < 4.78 is 37.9. The van der Waals surface area contributed by atoms with Crippen molar-refractivity contribution in [3.05, 3.63) is 95.3 Å². The van der Waals surface area contributed by atoms with Gasteiger partial charge in [0.05, 0.1) is 13.4 Å². The average Bonchev–Trinajstić information content (AvgIpc) is 3.23. The fourth-order valence-electron chi connectivity index (χ4n) is 3.84. The molecule has 4 rings (SSSR count). The minimum Gasteiger partial charge on any atom is -0.496 e. The smallest absolute Gasteiger partial charge is 0.244 e. The van der Waals surface area contributed by atoms with Gasteiger partial charge in [0.15, 0.2) is 0 Å². The van der Waals surface area contributed by atoms with Gasteiger partial charge in [-0.05, 0) is 60.9 Å². The molecule has 1 heterocycles. The first-order valence-corrected chi connectivity index (χ1v) is 10.4. The molecule has 6 heteroatoms. The van der Waals surface area contributed by atoms with Gasteiger partial charge in [-0.3, -0.25) is 4.79 Å². The number of nitrogens with one attached hydrogen (secondary N) is 1. The van der Waals surface area contributed by atoms with E-state index in [0.717, 1.165) is 33.2 Å². The van der Waals surface area contributed by atoms with Gasteiger partial charge < -0.3 is 14.5 Å². The van der Waals surface area contributed by atoms with Gasteiger partial charge in [0.1, 0.15) is 23.0 Å². The van der Waals surface area contributed by atoms with Crippen molar-refractivity contribution in [3.63, 3.8) is 0 Å². The van der Waals surface area contributed by atoms with Gasteiger partial charge in [-0.25, -0.2) is 8.78 Å². The van der Waals surface area contributed by atoms with E-state index in [1.807, 2.05) is 19.9 Å². The minimum atomic E-state index is -0.321. The van der Waals surface area contributed by atoms with E-state index in [2.05, 4.69) is 5.32 Å². The number of aryl methyl sites for hydroxylation is 1. The normalized spacial score (nSPS) is 11.6. The molecule has 0 saturated heterocycles.